The predicted octanol–water partition coefficient (Wildman–Crippen LogP) is 3.89. The van der Waals surface area contributed by atoms with Crippen LogP contribution in [0.25, 0.3) is 0 Å². The Morgan fingerprint density at radius 3 is 2.59 bits per heavy atom. The van der Waals surface area contributed by atoms with Gasteiger partial charge in [-0.15, -0.1) is 11.8 Å². The predicted molar refractivity (Wildman–Crippen MR) is 62.8 cm³/mol. The van der Waals surface area contributed by atoms with E-state index in [0.29, 0.717) is 17.7 Å². The fourth-order valence-corrected chi connectivity index (χ4v) is 2.26. The summed E-state index contributed by atoms with van der Waals surface area (Å²) >= 11 is 1.54. The lowest BCUT2D eigenvalue weighted by Gasteiger charge is -2.24. The van der Waals surface area contributed by atoms with Crippen molar-refractivity contribution in [1.29, 1.82) is 0 Å². The molecule has 2 rings (SSSR count). The largest absolute Gasteiger partial charge is 0.460 e. The van der Waals surface area contributed by atoms with Crippen LogP contribution in [0.4, 0.5) is 13.2 Å². The first-order chi connectivity index (χ1) is 8.00. The van der Waals surface area contributed by atoms with Gasteiger partial charge in [0.1, 0.15) is 0 Å². The first kappa shape index (κ1) is 12.8. The molecule has 0 unspecified atom stereocenters. The molecule has 1 aliphatic rings. The van der Waals surface area contributed by atoms with Crippen LogP contribution in [0.1, 0.15) is 18.4 Å². The highest BCUT2D eigenvalue weighted by Gasteiger charge is 2.45. The van der Waals surface area contributed by atoms with Crippen LogP contribution in [0.3, 0.4) is 0 Å². The van der Waals surface area contributed by atoms with E-state index in [-0.39, 0.29) is 12.6 Å². The van der Waals surface area contributed by atoms with Crippen molar-refractivity contribution >= 4 is 11.8 Å². The second-order valence-corrected chi connectivity index (χ2v) is 5.06. The SMILES string of the molecule is CSc1cccc(CN(C2CC2)C(F)(F)F)c1. The Balaban J connectivity index is 2.11. The van der Waals surface area contributed by atoms with Crippen LogP contribution in [0.15, 0.2) is 29.2 Å². The lowest BCUT2D eigenvalue weighted by Crippen LogP contribution is -2.39. The Morgan fingerprint density at radius 1 is 1.35 bits per heavy atom. The standard InChI is InChI=1S/C12H14F3NS/c1-17-11-4-2-3-9(7-11)8-16(10-5-6-10)12(13,14)15/h2-4,7,10H,5-6,8H2,1H3. The van der Waals surface area contributed by atoms with Gasteiger partial charge < -0.3 is 0 Å². The highest BCUT2D eigenvalue weighted by molar-refractivity contribution is 7.98. The molecular weight excluding hydrogens is 247 g/mol. The smallest absolute Gasteiger partial charge is 0.207 e. The second kappa shape index (κ2) is 4.90. The summed E-state index contributed by atoms with van der Waals surface area (Å²) in [5.74, 6) is 0. The van der Waals surface area contributed by atoms with E-state index in [1.165, 1.54) is 0 Å². The van der Waals surface area contributed by atoms with Crippen molar-refractivity contribution in [3.8, 4) is 0 Å². The fourth-order valence-electron chi connectivity index (χ4n) is 1.78. The van der Waals surface area contributed by atoms with E-state index >= 15 is 0 Å². The molecule has 0 radical (unpaired) electrons. The molecule has 1 aliphatic carbocycles. The number of thioether (sulfide) groups is 1. The van der Waals surface area contributed by atoms with Crippen LogP contribution >= 0.6 is 11.8 Å². The number of rotatable bonds is 4. The van der Waals surface area contributed by atoms with Gasteiger partial charge in [-0.05, 0) is 36.8 Å². The maximum Gasteiger partial charge on any atom is 0.460 e. The van der Waals surface area contributed by atoms with E-state index in [1.54, 1.807) is 17.8 Å². The summed E-state index contributed by atoms with van der Waals surface area (Å²) in [6, 6.07) is 6.98. The second-order valence-electron chi connectivity index (χ2n) is 4.18. The van der Waals surface area contributed by atoms with E-state index in [9.17, 15) is 13.2 Å². The van der Waals surface area contributed by atoms with Crippen LogP contribution < -0.4 is 0 Å². The first-order valence-corrected chi connectivity index (χ1v) is 6.69. The first-order valence-electron chi connectivity index (χ1n) is 5.47. The molecule has 1 aromatic carbocycles. The molecule has 0 bridgehead atoms. The zero-order chi connectivity index (χ0) is 12.5. The van der Waals surface area contributed by atoms with E-state index in [2.05, 4.69) is 0 Å². The summed E-state index contributed by atoms with van der Waals surface area (Å²) in [4.78, 5) is 1.65. The van der Waals surface area contributed by atoms with Crippen molar-refractivity contribution in [3.05, 3.63) is 29.8 Å². The third kappa shape index (κ3) is 3.39. The van der Waals surface area contributed by atoms with Crippen molar-refractivity contribution in [2.75, 3.05) is 6.26 Å². The van der Waals surface area contributed by atoms with Gasteiger partial charge in [-0.3, -0.25) is 0 Å². The number of alkyl halides is 3. The summed E-state index contributed by atoms with van der Waals surface area (Å²) < 4.78 is 38.4. The highest BCUT2D eigenvalue weighted by Crippen LogP contribution is 2.37. The molecule has 1 saturated carbocycles. The quantitative estimate of drug-likeness (QED) is 0.597. The minimum absolute atomic E-state index is 0.0391. The van der Waals surface area contributed by atoms with Gasteiger partial charge in [-0.1, -0.05) is 12.1 Å². The molecule has 0 N–H and O–H groups in total. The maximum atomic E-state index is 12.8. The number of nitrogens with zero attached hydrogens (tertiary/aromatic N) is 1. The number of halogens is 3. The lowest BCUT2D eigenvalue weighted by atomic mass is 10.2. The molecule has 0 saturated heterocycles. The number of hydrogen-bond acceptors (Lipinski definition) is 2. The molecule has 1 fully saturated rings. The number of benzene rings is 1. The molecule has 0 spiro atoms. The Morgan fingerprint density at radius 2 is 2.06 bits per heavy atom. The molecule has 0 aliphatic heterocycles. The summed E-state index contributed by atoms with van der Waals surface area (Å²) in [6.45, 7) is -0.0391. The van der Waals surface area contributed by atoms with Crippen molar-refractivity contribution < 1.29 is 13.2 Å². The minimum atomic E-state index is -4.23. The van der Waals surface area contributed by atoms with Gasteiger partial charge in [0, 0.05) is 17.5 Å². The topological polar surface area (TPSA) is 3.24 Å². The Bertz CT molecular complexity index is 388. The molecule has 5 heteroatoms. The van der Waals surface area contributed by atoms with Gasteiger partial charge >= 0.3 is 6.30 Å². The molecule has 0 amide bonds. The normalized spacial score (nSPS) is 16.5. The Labute approximate surface area is 103 Å². The van der Waals surface area contributed by atoms with E-state index in [1.807, 2.05) is 24.5 Å². The van der Waals surface area contributed by atoms with Crippen molar-refractivity contribution in [2.45, 2.75) is 36.6 Å². The lowest BCUT2D eigenvalue weighted by molar-refractivity contribution is -0.253. The van der Waals surface area contributed by atoms with Gasteiger partial charge in [0.2, 0.25) is 0 Å². The van der Waals surface area contributed by atoms with Gasteiger partial charge in [-0.2, -0.15) is 13.2 Å². The summed E-state index contributed by atoms with van der Waals surface area (Å²) in [7, 11) is 0. The minimum Gasteiger partial charge on any atom is -0.207 e. The van der Waals surface area contributed by atoms with Gasteiger partial charge in [0.05, 0.1) is 0 Å². The van der Waals surface area contributed by atoms with E-state index in [4.69, 9.17) is 0 Å². The van der Waals surface area contributed by atoms with Gasteiger partial charge in [0.15, 0.2) is 0 Å². The average Bonchev–Trinajstić information content (AvgIpc) is 3.08. The average molecular weight is 261 g/mol. The summed E-state index contributed by atoms with van der Waals surface area (Å²) in [6.07, 6.45) is -0.998. The van der Waals surface area contributed by atoms with E-state index < -0.39 is 6.30 Å². The van der Waals surface area contributed by atoms with Crippen molar-refractivity contribution in [1.82, 2.24) is 4.90 Å². The van der Waals surface area contributed by atoms with Crippen LogP contribution in [0, 0.1) is 0 Å². The van der Waals surface area contributed by atoms with Crippen molar-refractivity contribution in [2.24, 2.45) is 0 Å². The molecule has 94 valence electrons. The molecule has 0 atom stereocenters. The monoisotopic (exact) mass is 261 g/mol. The summed E-state index contributed by atoms with van der Waals surface area (Å²) in [5, 5.41) is 0. The Hall–Kier alpha value is -0.680. The van der Waals surface area contributed by atoms with Crippen LogP contribution in [0.2, 0.25) is 0 Å². The van der Waals surface area contributed by atoms with Gasteiger partial charge in [0.25, 0.3) is 0 Å². The molecule has 0 aromatic heterocycles. The third-order valence-corrected chi connectivity index (χ3v) is 3.53. The number of hydrogen-bond donors (Lipinski definition) is 0. The molecule has 1 aromatic rings. The van der Waals surface area contributed by atoms with Crippen molar-refractivity contribution in [3.63, 3.8) is 0 Å². The van der Waals surface area contributed by atoms with Gasteiger partial charge in [-0.25, -0.2) is 4.90 Å². The fraction of sp³-hybridized carbons (Fsp3) is 0.500. The maximum absolute atomic E-state index is 12.8. The van der Waals surface area contributed by atoms with Crippen LogP contribution in [0.5, 0.6) is 0 Å². The van der Waals surface area contributed by atoms with Crippen LogP contribution in [-0.4, -0.2) is 23.5 Å². The summed E-state index contributed by atoms with van der Waals surface area (Å²) in [5.41, 5.74) is 0.723. The molecule has 1 nitrogen and oxygen atoms in total. The van der Waals surface area contributed by atoms with E-state index in [0.717, 1.165) is 10.5 Å². The zero-order valence-corrected chi connectivity index (χ0v) is 10.3. The highest BCUT2D eigenvalue weighted by atomic mass is 32.2. The molecule has 17 heavy (non-hydrogen) atoms. The third-order valence-electron chi connectivity index (χ3n) is 2.80. The van der Waals surface area contributed by atoms with Crippen LogP contribution in [-0.2, 0) is 6.54 Å². The molecule has 0 heterocycles. The molecular formula is C12H14F3NS. The zero-order valence-electron chi connectivity index (χ0n) is 9.50. The Kier molecular flexibility index (Phi) is 3.68.